The van der Waals surface area contributed by atoms with Crippen LogP contribution in [0.4, 0.5) is 0 Å². The van der Waals surface area contributed by atoms with Gasteiger partial charge >= 0.3 is 0 Å². The summed E-state index contributed by atoms with van der Waals surface area (Å²) in [5, 5.41) is 8.87. The van der Waals surface area contributed by atoms with E-state index in [1.165, 1.54) is 0 Å². The molecule has 0 spiro atoms. The zero-order valence-corrected chi connectivity index (χ0v) is 7.41. The molecule has 0 bridgehead atoms. The molecule has 0 saturated heterocycles. The van der Waals surface area contributed by atoms with Crippen LogP contribution in [0.25, 0.3) is 0 Å². The smallest absolute Gasteiger partial charge is 0.0759 e. The third-order valence-electron chi connectivity index (χ3n) is 1.46. The Morgan fingerprint density at radius 3 is 1.82 bits per heavy atom. The summed E-state index contributed by atoms with van der Waals surface area (Å²) in [4.78, 5) is 0. The lowest BCUT2D eigenvalue weighted by Gasteiger charge is -2.13. The molecule has 0 amide bonds. The first-order valence-corrected chi connectivity index (χ1v) is 3.46. The Morgan fingerprint density at radius 2 is 1.55 bits per heavy atom. The van der Waals surface area contributed by atoms with Gasteiger partial charge in [0.15, 0.2) is 0 Å². The quantitative estimate of drug-likeness (QED) is 0.506. The fourth-order valence-electron chi connectivity index (χ4n) is 0.734. The highest BCUT2D eigenvalue weighted by Gasteiger charge is 2.00. The minimum absolute atomic E-state index is 0.826. The van der Waals surface area contributed by atoms with E-state index in [1.807, 2.05) is 21.1 Å². The van der Waals surface area contributed by atoms with E-state index in [4.69, 9.17) is 0 Å². The molecule has 63 valence electrons. The van der Waals surface area contributed by atoms with E-state index in [0.29, 0.717) is 0 Å². The minimum Gasteiger partial charge on any atom is -0.390 e. The molecule has 0 fully saturated rings. The van der Waals surface area contributed by atoms with Crippen molar-refractivity contribution in [2.24, 2.45) is 0 Å². The van der Waals surface area contributed by atoms with Crippen LogP contribution in [0, 0.1) is 6.92 Å². The van der Waals surface area contributed by atoms with Crippen LogP contribution in [0.5, 0.6) is 0 Å². The standard InChI is InChI=1S/C8H16N3/c1-6(9-3)8(11-5)7(2)10-4/h9-11H,1-2H2,3-5H3. The summed E-state index contributed by atoms with van der Waals surface area (Å²) in [5.74, 6) is 0. The van der Waals surface area contributed by atoms with Gasteiger partial charge in [-0.25, -0.2) is 0 Å². The largest absolute Gasteiger partial charge is 0.390 e. The van der Waals surface area contributed by atoms with Crippen LogP contribution in [0.1, 0.15) is 0 Å². The molecule has 0 aromatic rings. The molecule has 0 atom stereocenters. The van der Waals surface area contributed by atoms with Crippen LogP contribution in [-0.2, 0) is 0 Å². The van der Waals surface area contributed by atoms with E-state index in [9.17, 15) is 0 Å². The van der Waals surface area contributed by atoms with Crippen molar-refractivity contribution in [2.45, 2.75) is 0 Å². The van der Waals surface area contributed by atoms with Crippen molar-refractivity contribution in [1.29, 1.82) is 0 Å². The lowest BCUT2D eigenvalue weighted by molar-refractivity contribution is 0.863. The van der Waals surface area contributed by atoms with Gasteiger partial charge in [-0.2, -0.15) is 0 Å². The SMILES string of the molecule is [CH2]C(NC)=C(NC)C(=C)NC. The summed E-state index contributed by atoms with van der Waals surface area (Å²) >= 11 is 0. The molecular formula is C8H16N3. The Hall–Kier alpha value is -1.12. The summed E-state index contributed by atoms with van der Waals surface area (Å²) in [5.41, 5.74) is 2.55. The summed E-state index contributed by atoms with van der Waals surface area (Å²) in [6, 6.07) is 0. The second kappa shape index (κ2) is 4.66. The molecule has 0 aromatic heterocycles. The van der Waals surface area contributed by atoms with Gasteiger partial charge in [-0.05, 0) is 6.92 Å². The van der Waals surface area contributed by atoms with E-state index in [0.717, 1.165) is 17.1 Å². The molecule has 0 heterocycles. The van der Waals surface area contributed by atoms with Crippen LogP contribution in [-0.4, -0.2) is 21.1 Å². The van der Waals surface area contributed by atoms with E-state index < -0.39 is 0 Å². The molecule has 1 radical (unpaired) electrons. The average Bonchev–Trinajstić information content (AvgIpc) is 2.05. The summed E-state index contributed by atoms with van der Waals surface area (Å²) in [7, 11) is 5.48. The van der Waals surface area contributed by atoms with Crippen molar-refractivity contribution in [3.8, 4) is 0 Å². The number of likely N-dealkylation sites (N-methyl/N-ethyl adjacent to an activating group) is 2. The molecule has 0 aliphatic rings. The minimum atomic E-state index is 0.826. The number of hydrogen-bond acceptors (Lipinski definition) is 3. The van der Waals surface area contributed by atoms with Crippen molar-refractivity contribution < 1.29 is 0 Å². The first-order valence-electron chi connectivity index (χ1n) is 3.46. The number of nitrogens with one attached hydrogen (secondary N) is 3. The Balaban J connectivity index is 4.50. The zero-order valence-electron chi connectivity index (χ0n) is 7.41. The van der Waals surface area contributed by atoms with Gasteiger partial charge in [-0.1, -0.05) is 6.58 Å². The zero-order chi connectivity index (χ0) is 8.85. The monoisotopic (exact) mass is 154 g/mol. The third kappa shape index (κ3) is 2.53. The highest BCUT2D eigenvalue weighted by Crippen LogP contribution is 2.02. The van der Waals surface area contributed by atoms with Gasteiger partial charge in [0.2, 0.25) is 0 Å². The Morgan fingerprint density at radius 1 is 1.00 bits per heavy atom. The molecular weight excluding hydrogens is 138 g/mol. The predicted octanol–water partition coefficient (Wildman–Crippen LogP) is 0.204. The van der Waals surface area contributed by atoms with Gasteiger partial charge in [0.1, 0.15) is 0 Å². The molecule has 3 N–H and O–H groups in total. The Bertz CT molecular complexity index is 170. The first-order chi connectivity index (χ1) is 5.17. The van der Waals surface area contributed by atoms with Crippen LogP contribution < -0.4 is 16.0 Å². The summed E-state index contributed by atoms with van der Waals surface area (Å²) in [6.07, 6.45) is 0. The van der Waals surface area contributed by atoms with E-state index in [2.05, 4.69) is 29.5 Å². The number of hydrogen-bond donors (Lipinski definition) is 3. The fraction of sp³-hybridized carbons (Fsp3) is 0.375. The normalized spacial score (nSPS) is 11.6. The second-order valence-corrected chi connectivity index (χ2v) is 2.08. The lowest BCUT2D eigenvalue weighted by atomic mass is 10.3. The lowest BCUT2D eigenvalue weighted by Crippen LogP contribution is -2.22. The molecule has 0 aromatic carbocycles. The van der Waals surface area contributed by atoms with Crippen molar-refractivity contribution in [1.82, 2.24) is 16.0 Å². The molecule has 0 saturated carbocycles. The van der Waals surface area contributed by atoms with Crippen LogP contribution in [0.15, 0.2) is 23.7 Å². The summed E-state index contributed by atoms with van der Waals surface area (Å²) < 4.78 is 0. The second-order valence-electron chi connectivity index (χ2n) is 2.08. The highest BCUT2D eigenvalue weighted by molar-refractivity contribution is 5.30. The molecule has 0 rings (SSSR count). The maximum Gasteiger partial charge on any atom is 0.0759 e. The van der Waals surface area contributed by atoms with Gasteiger partial charge in [0.05, 0.1) is 11.4 Å². The predicted molar refractivity (Wildman–Crippen MR) is 48.7 cm³/mol. The molecule has 3 nitrogen and oxygen atoms in total. The van der Waals surface area contributed by atoms with Crippen LogP contribution >= 0.6 is 0 Å². The maximum atomic E-state index is 3.80. The molecule has 0 aliphatic carbocycles. The van der Waals surface area contributed by atoms with E-state index in [-0.39, 0.29) is 0 Å². The van der Waals surface area contributed by atoms with Gasteiger partial charge in [-0.15, -0.1) is 0 Å². The van der Waals surface area contributed by atoms with Gasteiger partial charge in [0.25, 0.3) is 0 Å². The average molecular weight is 154 g/mol. The van der Waals surface area contributed by atoms with Gasteiger partial charge in [0, 0.05) is 26.8 Å². The van der Waals surface area contributed by atoms with Crippen LogP contribution in [0.2, 0.25) is 0 Å². The molecule has 0 unspecified atom stereocenters. The topological polar surface area (TPSA) is 36.1 Å². The first kappa shape index (κ1) is 9.88. The fourth-order valence-corrected chi connectivity index (χ4v) is 0.734. The molecule has 11 heavy (non-hydrogen) atoms. The highest BCUT2D eigenvalue weighted by atomic mass is 15.0. The maximum absolute atomic E-state index is 3.80. The Labute approximate surface area is 68.6 Å². The van der Waals surface area contributed by atoms with Crippen molar-refractivity contribution in [3.63, 3.8) is 0 Å². The number of rotatable bonds is 4. The van der Waals surface area contributed by atoms with E-state index >= 15 is 0 Å². The van der Waals surface area contributed by atoms with Crippen molar-refractivity contribution >= 4 is 0 Å². The van der Waals surface area contributed by atoms with Crippen molar-refractivity contribution in [3.05, 3.63) is 30.6 Å². The van der Waals surface area contributed by atoms with Gasteiger partial charge < -0.3 is 16.0 Å². The third-order valence-corrected chi connectivity index (χ3v) is 1.46. The Kier molecular flexibility index (Phi) is 4.18. The van der Waals surface area contributed by atoms with E-state index in [1.54, 1.807) is 0 Å². The van der Waals surface area contributed by atoms with Crippen LogP contribution in [0.3, 0.4) is 0 Å². The molecule has 0 aliphatic heterocycles. The van der Waals surface area contributed by atoms with Crippen molar-refractivity contribution in [2.75, 3.05) is 21.1 Å². The van der Waals surface area contributed by atoms with Gasteiger partial charge in [-0.3, -0.25) is 0 Å². The molecule has 3 heteroatoms. The summed E-state index contributed by atoms with van der Waals surface area (Å²) in [6.45, 7) is 7.60. The number of allylic oxidation sites excluding steroid dienone is 1.